The fourth-order valence-electron chi connectivity index (χ4n) is 1.97. The Labute approximate surface area is 112 Å². The number of carbonyl (C=O) groups excluding carboxylic acids is 1. The lowest BCUT2D eigenvalue weighted by molar-refractivity contribution is 0.0602. The summed E-state index contributed by atoms with van der Waals surface area (Å²) < 4.78 is 10.4. The van der Waals surface area contributed by atoms with Crippen LogP contribution in [-0.4, -0.2) is 24.7 Å². The van der Waals surface area contributed by atoms with Crippen molar-refractivity contribution in [2.45, 2.75) is 13.8 Å². The Balaban J connectivity index is 2.45. The molecule has 2 aromatic rings. The molecule has 19 heavy (non-hydrogen) atoms. The van der Waals surface area contributed by atoms with Gasteiger partial charge in [0.1, 0.15) is 12.4 Å². The van der Waals surface area contributed by atoms with E-state index in [0.717, 1.165) is 22.2 Å². The van der Waals surface area contributed by atoms with Crippen LogP contribution >= 0.6 is 0 Å². The summed E-state index contributed by atoms with van der Waals surface area (Å²) >= 11 is 0. The Kier molecular flexibility index (Phi) is 3.60. The van der Waals surface area contributed by atoms with Crippen molar-refractivity contribution in [2.24, 2.45) is 0 Å². The molecule has 0 aliphatic carbocycles. The van der Waals surface area contributed by atoms with Crippen LogP contribution in [0.2, 0.25) is 0 Å². The van der Waals surface area contributed by atoms with Gasteiger partial charge >= 0.3 is 5.97 Å². The van der Waals surface area contributed by atoms with Crippen LogP contribution in [0.3, 0.4) is 0 Å². The van der Waals surface area contributed by atoms with Gasteiger partial charge in [-0.1, -0.05) is 6.58 Å². The van der Waals surface area contributed by atoms with Gasteiger partial charge in [-0.25, -0.2) is 4.79 Å². The second kappa shape index (κ2) is 5.18. The Morgan fingerprint density at radius 1 is 1.42 bits per heavy atom. The summed E-state index contributed by atoms with van der Waals surface area (Å²) in [6, 6.07) is 5.60. The van der Waals surface area contributed by atoms with Gasteiger partial charge in [0.05, 0.1) is 12.7 Å². The van der Waals surface area contributed by atoms with Crippen LogP contribution in [0.4, 0.5) is 0 Å². The molecular formula is C15H17NO3. The summed E-state index contributed by atoms with van der Waals surface area (Å²) in [7, 11) is 1.38. The monoisotopic (exact) mass is 259 g/mol. The zero-order valence-electron chi connectivity index (χ0n) is 11.4. The minimum atomic E-state index is -0.346. The first-order chi connectivity index (χ1) is 9.02. The number of H-pyrrole nitrogens is 1. The van der Waals surface area contributed by atoms with Crippen LogP contribution in [0.1, 0.15) is 23.0 Å². The molecule has 1 heterocycles. The van der Waals surface area contributed by atoms with Crippen LogP contribution in [0, 0.1) is 6.92 Å². The molecule has 0 saturated heterocycles. The first kappa shape index (κ1) is 13.2. The molecule has 0 aliphatic rings. The molecule has 0 atom stereocenters. The van der Waals surface area contributed by atoms with Gasteiger partial charge in [0.15, 0.2) is 0 Å². The lowest BCUT2D eigenvalue weighted by Gasteiger charge is -2.06. The molecule has 100 valence electrons. The van der Waals surface area contributed by atoms with E-state index in [1.807, 2.05) is 32.0 Å². The van der Waals surface area contributed by atoms with E-state index in [1.165, 1.54) is 7.11 Å². The number of carbonyl (C=O) groups is 1. The quantitative estimate of drug-likeness (QED) is 0.677. The second-order valence-electron chi connectivity index (χ2n) is 4.57. The second-order valence-corrected chi connectivity index (χ2v) is 4.57. The SMILES string of the molecule is C=C(C)COc1ccc2[nH]c(C)c(C(=O)OC)c2c1. The van der Waals surface area contributed by atoms with Gasteiger partial charge in [0.2, 0.25) is 0 Å². The maximum Gasteiger partial charge on any atom is 0.340 e. The summed E-state index contributed by atoms with van der Waals surface area (Å²) in [5.41, 5.74) is 3.18. The van der Waals surface area contributed by atoms with Crippen LogP contribution in [0.15, 0.2) is 30.4 Å². The Morgan fingerprint density at radius 3 is 2.79 bits per heavy atom. The van der Waals surface area contributed by atoms with E-state index in [1.54, 1.807) is 0 Å². The molecule has 0 aliphatic heterocycles. The molecule has 2 rings (SSSR count). The Morgan fingerprint density at radius 2 is 2.16 bits per heavy atom. The number of methoxy groups -OCH3 is 1. The summed E-state index contributed by atoms with van der Waals surface area (Å²) in [6.45, 7) is 8.00. The van der Waals surface area contributed by atoms with Crippen molar-refractivity contribution in [3.05, 3.63) is 41.6 Å². The number of hydrogen-bond acceptors (Lipinski definition) is 3. The molecule has 1 aromatic heterocycles. The van der Waals surface area contributed by atoms with E-state index in [9.17, 15) is 4.79 Å². The van der Waals surface area contributed by atoms with Crippen molar-refractivity contribution in [3.8, 4) is 5.75 Å². The number of nitrogens with one attached hydrogen (secondary N) is 1. The van der Waals surface area contributed by atoms with Crippen LogP contribution in [0.5, 0.6) is 5.75 Å². The van der Waals surface area contributed by atoms with Crippen molar-refractivity contribution >= 4 is 16.9 Å². The van der Waals surface area contributed by atoms with Gasteiger partial charge in [-0.3, -0.25) is 0 Å². The van der Waals surface area contributed by atoms with Crippen LogP contribution in [-0.2, 0) is 4.74 Å². The van der Waals surface area contributed by atoms with E-state index in [4.69, 9.17) is 9.47 Å². The van der Waals surface area contributed by atoms with Gasteiger partial charge in [-0.2, -0.15) is 0 Å². The molecule has 0 unspecified atom stereocenters. The lowest BCUT2D eigenvalue weighted by Crippen LogP contribution is -2.02. The first-order valence-electron chi connectivity index (χ1n) is 6.00. The number of benzene rings is 1. The third kappa shape index (κ3) is 2.62. The Hall–Kier alpha value is -2.23. The fraction of sp³-hybridized carbons (Fsp3) is 0.267. The molecule has 0 amide bonds. The molecular weight excluding hydrogens is 242 g/mol. The van der Waals surface area contributed by atoms with Gasteiger partial charge in [-0.05, 0) is 37.6 Å². The van der Waals surface area contributed by atoms with Gasteiger partial charge in [0, 0.05) is 16.6 Å². The van der Waals surface area contributed by atoms with Crippen molar-refractivity contribution in [1.82, 2.24) is 4.98 Å². The first-order valence-corrected chi connectivity index (χ1v) is 6.00. The summed E-state index contributed by atoms with van der Waals surface area (Å²) in [5.74, 6) is 0.362. The van der Waals surface area contributed by atoms with Crippen molar-refractivity contribution in [3.63, 3.8) is 0 Å². The molecule has 1 N–H and O–H groups in total. The topological polar surface area (TPSA) is 51.3 Å². The van der Waals surface area contributed by atoms with Crippen molar-refractivity contribution < 1.29 is 14.3 Å². The smallest absolute Gasteiger partial charge is 0.340 e. The average molecular weight is 259 g/mol. The third-order valence-electron chi connectivity index (χ3n) is 2.83. The highest BCUT2D eigenvalue weighted by atomic mass is 16.5. The summed E-state index contributed by atoms with van der Waals surface area (Å²) in [6.07, 6.45) is 0. The highest BCUT2D eigenvalue weighted by molar-refractivity contribution is 6.05. The predicted molar refractivity (Wildman–Crippen MR) is 74.7 cm³/mol. The average Bonchev–Trinajstić information content (AvgIpc) is 2.70. The van der Waals surface area contributed by atoms with E-state index in [0.29, 0.717) is 17.9 Å². The molecule has 0 spiro atoms. The minimum Gasteiger partial charge on any atom is -0.489 e. The van der Waals surface area contributed by atoms with Gasteiger partial charge in [0.25, 0.3) is 0 Å². The highest BCUT2D eigenvalue weighted by Crippen LogP contribution is 2.27. The van der Waals surface area contributed by atoms with E-state index >= 15 is 0 Å². The number of fused-ring (bicyclic) bond motifs is 1. The summed E-state index contributed by atoms with van der Waals surface area (Å²) in [4.78, 5) is 15.0. The molecule has 0 saturated carbocycles. The summed E-state index contributed by atoms with van der Waals surface area (Å²) in [5, 5.41) is 0.809. The number of rotatable bonds is 4. The normalized spacial score (nSPS) is 10.5. The molecule has 4 nitrogen and oxygen atoms in total. The van der Waals surface area contributed by atoms with Gasteiger partial charge < -0.3 is 14.5 Å². The lowest BCUT2D eigenvalue weighted by atomic mass is 10.1. The number of hydrogen-bond donors (Lipinski definition) is 1. The van der Waals surface area contributed by atoms with E-state index in [-0.39, 0.29) is 5.97 Å². The maximum absolute atomic E-state index is 11.8. The van der Waals surface area contributed by atoms with Crippen molar-refractivity contribution in [1.29, 1.82) is 0 Å². The molecule has 0 fully saturated rings. The molecule has 0 bridgehead atoms. The van der Waals surface area contributed by atoms with Crippen LogP contribution < -0.4 is 4.74 Å². The highest BCUT2D eigenvalue weighted by Gasteiger charge is 2.16. The number of esters is 1. The van der Waals surface area contributed by atoms with E-state index in [2.05, 4.69) is 11.6 Å². The maximum atomic E-state index is 11.8. The van der Waals surface area contributed by atoms with Gasteiger partial charge in [-0.15, -0.1) is 0 Å². The van der Waals surface area contributed by atoms with Crippen LogP contribution in [0.25, 0.3) is 10.9 Å². The largest absolute Gasteiger partial charge is 0.489 e. The number of aromatic amines is 1. The molecule has 4 heteroatoms. The Bertz CT molecular complexity index is 640. The fourth-order valence-corrected chi connectivity index (χ4v) is 1.97. The minimum absolute atomic E-state index is 0.346. The van der Waals surface area contributed by atoms with Crippen molar-refractivity contribution in [2.75, 3.05) is 13.7 Å². The zero-order chi connectivity index (χ0) is 14.0. The van der Waals surface area contributed by atoms with E-state index < -0.39 is 0 Å². The standard InChI is InChI=1S/C15H17NO3/c1-9(2)8-19-11-5-6-13-12(7-11)14(10(3)16-13)15(17)18-4/h5-7,16H,1,8H2,2-4H3. The number of aryl methyl sites for hydroxylation is 1. The number of aromatic nitrogens is 1. The zero-order valence-corrected chi connectivity index (χ0v) is 11.4. The number of ether oxygens (including phenoxy) is 2. The third-order valence-corrected chi connectivity index (χ3v) is 2.83. The molecule has 1 aromatic carbocycles. The predicted octanol–water partition coefficient (Wildman–Crippen LogP) is 3.22. The molecule has 0 radical (unpaired) electrons.